The van der Waals surface area contributed by atoms with Crippen molar-refractivity contribution in [3.05, 3.63) is 53.6 Å². The number of ether oxygens (including phenoxy) is 1. The van der Waals surface area contributed by atoms with E-state index in [-0.39, 0.29) is 5.88 Å². The van der Waals surface area contributed by atoms with E-state index in [1.807, 2.05) is 0 Å². The van der Waals surface area contributed by atoms with Crippen LogP contribution in [0.4, 0.5) is 20.2 Å². The first-order chi connectivity index (χ1) is 12.5. The summed E-state index contributed by atoms with van der Waals surface area (Å²) in [6, 6.07) is 8.79. The number of halogens is 2. The van der Waals surface area contributed by atoms with E-state index in [0.29, 0.717) is 41.0 Å². The summed E-state index contributed by atoms with van der Waals surface area (Å²) in [7, 11) is 3.38. The van der Waals surface area contributed by atoms with E-state index in [1.165, 1.54) is 24.4 Å². The van der Waals surface area contributed by atoms with Crippen LogP contribution in [0.5, 0.6) is 5.88 Å². The molecule has 1 aromatic heterocycles. The fraction of sp³-hybridized carbons (Fsp3) is 0.211. The second-order valence-corrected chi connectivity index (χ2v) is 5.89. The highest BCUT2D eigenvalue weighted by atomic mass is 19.1. The van der Waals surface area contributed by atoms with Crippen LogP contribution in [0.3, 0.4) is 0 Å². The largest absolute Gasteiger partial charge is 0.494 e. The van der Waals surface area contributed by atoms with Crippen LogP contribution in [0, 0.1) is 11.6 Å². The Bertz CT molecular complexity index is 953. The molecular weight excluding hydrogens is 340 g/mol. The van der Waals surface area contributed by atoms with Gasteiger partial charge in [-0.25, -0.2) is 8.78 Å². The molecule has 2 aromatic carbocycles. The van der Waals surface area contributed by atoms with Crippen LogP contribution in [0.1, 0.15) is 5.56 Å². The Labute approximate surface area is 149 Å². The number of aromatic amines is 1. The number of nitrogens with one attached hydrogen (secondary N) is 1. The quantitative estimate of drug-likeness (QED) is 0.655. The van der Waals surface area contributed by atoms with Crippen LogP contribution in [0.15, 0.2) is 41.4 Å². The van der Waals surface area contributed by atoms with Gasteiger partial charge in [0.2, 0.25) is 0 Å². The molecule has 0 fully saturated rings. The Balaban J connectivity index is 1.85. The van der Waals surface area contributed by atoms with Gasteiger partial charge in [-0.2, -0.15) is 0 Å². The minimum Gasteiger partial charge on any atom is -0.494 e. The van der Waals surface area contributed by atoms with Crippen LogP contribution in [0.25, 0.3) is 10.9 Å². The first-order valence-electron chi connectivity index (χ1n) is 8.03. The number of aromatic nitrogens is 1. The summed E-state index contributed by atoms with van der Waals surface area (Å²) in [5, 5.41) is 10.6. The van der Waals surface area contributed by atoms with E-state index < -0.39 is 11.6 Å². The molecule has 26 heavy (non-hydrogen) atoms. The molecule has 2 N–H and O–H groups in total. The first-order valence-corrected chi connectivity index (χ1v) is 8.03. The van der Waals surface area contributed by atoms with Gasteiger partial charge in [-0.1, -0.05) is 0 Å². The summed E-state index contributed by atoms with van der Waals surface area (Å²) >= 11 is 0. The van der Waals surface area contributed by atoms with Gasteiger partial charge in [-0.05, 0) is 30.3 Å². The number of aliphatic imine (C=N–C) groups is 1. The Morgan fingerprint density at radius 2 is 2.04 bits per heavy atom. The Morgan fingerprint density at radius 1 is 1.23 bits per heavy atom. The van der Waals surface area contributed by atoms with E-state index in [0.717, 1.165) is 0 Å². The number of anilines is 1. The van der Waals surface area contributed by atoms with Crippen molar-refractivity contribution < 1.29 is 18.6 Å². The molecule has 0 saturated heterocycles. The van der Waals surface area contributed by atoms with E-state index in [9.17, 15) is 13.9 Å². The molecule has 7 heteroatoms. The molecule has 0 aliphatic carbocycles. The lowest BCUT2D eigenvalue weighted by atomic mass is 10.2. The van der Waals surface area contributed by atoms with Crippen molar-refractivity contribution in [1.82, 2.24) is 4.98 Å². The molecule has 0 atom stereocenters. The van der Waals surface area contributed by atoms with Crippen molar-refractivity contribution in [3.8, 4) is 5.88 Å². The normalized spacial score (nSPS) is 11.5. The maximum absolute atomic E-state index is 14.3. The maximum atomic E-state index is 14.3. The molecule has 0 aliphatic rings. The zero-order valence-corrected chi connectivity index (χ0v) is 14.5. The molecule has 0 unspecified atom stereocenters. The molecular formula is C19H19F2N3O2. The number of rotatable bonds is 6. The van der Waals surface area contributed by atoms with Crippen LogP contribution in [-0.4, -0.2) is 43.6 Å². The third kappa shape index (κ3) is 3.67. The molecule has 5 nitrogen and oxygen atoms in total. The highest BCUT2D eigenvalue weighted by Crippen LogP contribution is 2.28. The fourth-order valence-corrected chi connectivity index (χ4v) is 2.68. The number of aromatic hydroxyl groups is 1. The van der Waals surface area contributed by atoms with Gasteiger partial charge in [0.05, 0.1) is 29.1 Å². The zero-order chi connectivity index (χ0) is 18.7. The summed E-state index contributed by atoms with van der Waals surface area (Å²) in [5.74, 6) is -0.924. The molecule has 3 rings (SSSR count). The van der Waals surface area contributed by atoms with Gasteiger partial charge in [-0.15, -0.1) is 0 Å². The van der Waals surface area contributed by atoms with Crippen molar-refractivity contribution in [2.45, 2.75) is 0 Å². The van der Waals surface area contributed by atoms with E-state index >= 15 is 0 Å². The summed E-state index contributed by atoms with van der Waals surface area (Å²) in [4.78, 5) is 8.67. The molecule has 0 amide bonds. The third-order valence-electron chi connectivity index (χ3n) is 4.10. The van der Waals surface area contributed by atoms with Crippen molar-refractivity contribution in [2.75, 3.05) is 32.2 Å². The second-order valence-electron chi connectivity index (χ2n) is 5.89. The standard InChI is InChI=1S/C19H19F2N3O2/c1-24(7-8-26-2)18-6-4-13(10-16(18)21)22-11-15-14-5-3-12(20)9-17(14)23-19(15)25/h3-6,9-11,23,25H,7-8H2,1-2H3. The average Bonchev–Trinajstić information content (AvgIpc) is 2.92. The molecule has 0 saturated carbocycles. The maximum Gasteiger partial charge on any atom is 0.198 e. The molecule has 0 bridgehead atoms. The summed E-state index contributed by atoms with van der Waals surface area (Å²) in [5.41, 5.74) is 1.74. The summed E-state index contributed by atoms with van der Waals surface area (Å²) in [6.07, 6.45) is 1.43. The number of benzene rings is 2. The van der Waals surface area contributed by atoms with Gasteiger partial charge in [0.25, 0.3) is 0 Å². The molecule has 0 spiro atoms. The molecule has 136 valence electrons. The van der Waals surface area contributed by atoms with Gasteiger partial charge in [0.15, 0.2) is 5.88 Å². The SMILES string of the molecule is COCCN(C)c1ccc(N=Cc2c(O)[nH]c3cc(F)ccc23)cc1F. The zero-order valence-electron chi connectivity index (χ0n) is 14.5. The smallest absolute Gasteiger partial charge is 0.198 e. The number of fused-ring (bicyclic) bond motifs is 1. The van der Waals surface area contributed by atoms with Gasteiger partial charge in [0, 0.05) is 38.4 Å². The topological polar surface area (TPSA) is 60.9 Å². The lowest BCUT2D eigenvalue weighted by Crippen LogP contribution is -2.22. The minimum atomic E-state index is -0.405. The number of likely N-dealkylation sites (N-methyl/N-ethyl adjacent to an activating group) is 1. The third-order valence-corrected chi connectivity index (χ3v) is 4.10. The first kappa shape index (κ1) is 17.9. The lowest BCUT2D eigenvalue weighted by molar-refractivity contribution is 0.206. The number of methoxy groups -OCH3 is 1. The highest BCUT2D eigenvalue weighted by molar-refractivity contribution is 6.02. The second kappa shape index (κ2) is 7.53. The Hall–Kier alpha value is -2.93. The van der Waals surface area contributed by atoms with Crippen LogP contribution in [0.2, 0.25) is 0 Å². The molecule has 3 aromatic rings. The predicted molar refractivity (Wildman–Crippen MR) is 98.7 cm³/mol. The van der Waals surface area contributed by atoms with Crippen molar-refractivity contribution in [3.63, 3.8) is 0 Å². The molecule has 1 heterocycles. The monoisotopic (exact) mass is 359 g/mol. The highest BCUT2D eigenvalue weighted by Gasteiger charge is 2.11. The van der Waals surface area contributed by atoms with Crippen LogP contribution < -0.4 is 4.90 Å². The lowest BCUT2D eigenvalue weighted by Gasteiger charge is -2.19. The number of hydrogen-bond donors (Lipinski definition) is 2. The van der Waals surface area contributed by atoms with E-state index in [4.69, 9.17) is 4.74 Å². The van der Waals surface area contributed by atoms with Crippen LogP contribution in [-0.2, 0) is 4.74 Å². The van der Waals surface area contributed by atoms with Gasteiger partial charge >= 0.3 is 0 Å². The van der Waals surface area contributed by atoms with Gasteiger partial charge < -0.3 is 19.7 Å². The average molecular weight is 359 g/mol. The number of H-pyrrole nitrogens is 1. The van der Waals surface area contributed by atoms with Crippen molar-refractivity contribution in [1.29, 1.82) is 0 Å². The van der Waals surface area contributed by atoms with E-state index in [1.54, 1.807) is 37.3 Å². The van der Waals surface area contributed by atoms with Crippen molar-refractivity contribution in [2.24, 2.45) is 4.99 Å². The van der Waals surface area contributed by atoms with Crippen molar-refractivity contribution >= 4 is 28.5 Å². The fourth-order valence-electron chi connectivity index (χ4n) is 2.68. The summed E-state index contributed by atoms with van der Waals surface area (Å²) in [6.45, 7) is 1.06. The van der Waals surface area contributed by atoms with Gasteiger partial charge in [0.1, 0.15) is 11.6 Å². The Morgan fingerprint density at radius 3 is 2.77 bits per heavy atom. The van der Waals surface area contributed by atoms with Crippen LogP contribution >= 0.6 is 0 Å². The number of hydrogen-bond acceptors (Lipinski definition) is 4. The minimum absolute atomic E-state index is 0.120. The van der Waals surface area contributed by atoms with Gasteiger partial charge in [-0.3, -0.25) is 4.99 Å². The molecule has 0 radical (unpaired) electrons. The predicted octanol–water partition coefficient (Wildman–Crippen LogP) is 3.98. The summed E-state index contributed by atoms with van der Waals surface area (Å²) < 4.78 is 32.6. The number of nitrogens with zero attached hydrogens (tertiary/aromatic N) is 2. The Kier molecular flexibility index (Phi) is 5.18. The molecule has 0 aliphatic heterocycles. The van der Waals surface area contributed by atoms with E-state index in [2.05, 4.69) is 9.98 Å².